The number of primary amides is 1. The lowest BCUT2D eigenvalue weighted by Gasteiger charge is -2.30. The molecule has 1 aliphatic heterocycles. The zero-order valence-corrected chi connectivity index (χ0v) is 66.7. The minimum absolute atomic E-state index is 0.00804. The molecule has 1 aromatic heterocycles. The van der Waals surface area contributed by atoms with Gasteiger partial charge in [0.15, 0.2) is 11.9 Å². The van der Waals surface area contributed by atoms with Crippen LogP contribution in [-0.4, -0.2) is 217 Å². The lowest BCUT2D eigenvalue weighted by Crippen LogP contribution is -2.62. The van der Waals surface area contributed by atoms with Gasteiger partial charge in [0.1, 0.15) is 64.4 Å². The normalized spacial score (nSPS) is 19.3. The molecule has 1 saturated heterocycles. The summed E-state index contributed by atoms with van der Waals surface area (Å²) in [6.45, 7) is 2.35. The number of para-hydroxylation sites is 1. The summed E-state index contributed by atoms with van der Waals surface area (Å²) in [6.07, 6.45) is 14.6. The molecule has 0 aliphatic carbocycles. The van der Waals surface area contributed by atoms with Gasteiger partial charge in [-0.3, -0.25) is 68.0 Å². The summed E-state index contributed by atoms with van der Waals surface area (Å²) in [7, 11) is -3.92. The number of aliphatic imine (C=N–C) groups is 2. The lowest BCUT2D eigenvalue weighted by atomic mass is 10.0. The number of hydrogen-bond donors (Lipinski definition) is 20. The second-order valence-corrected chi connectivity index (χ2v) is 31.3. The summed E-state index contributed by atoms with van der Waals surface area (Å²) >= 11 is 0. The van der Waals surface area contributed by atoms with E-state index >= 15 is 0 Å². The van der Waals surface area contributed by atoms with Crippen molar-refractivity contribution in [1.82, 2.24) is 63.5 Å². The summed E-state index contributed by atoms with van der Waals surface area (Å²) in [5, 5.41) is 62.6. The Bertz CT molecular complexity index is 3640. The molecule has 1 aliphatic rings. The third-order valence-corrected chi connectivity index (χ3v) is 20.4. The standard InChI is InChI=1S/C77H127N19O16S/c1-4-6-8-9-10-11-12-13-14-15-16-17-21-37-65(100)87-62(48-97)74(109)91-56(35-25-27-42-84-76(79)80)69(104)96-63(49-98)75(110)90-55(32-7-5-2)67(102)92-58-38-39-64(99)83-41-26-24-34-54(66(78)101)88-73(108)61(46-51-47-86-53-33-23-22-31-52(51)53)95-68(103)57(36-28-43-85-77(81)82)89-72(107)60(45-50-29-19-18-20-30-50)94-71(106)59(93-70(58)105)40-44-113(3,111)112/h18-20,22-23,29-31,33,47,54-63,75,86,90,97-98,110H,4-17,21,24-28,32,34-46,48-49H2,1-3H3,(H2,78,101)(H,83,99)(H,87,100)(H,88,108)(H,89,107)(H,91,109)(H,92,102)(H,93,105)(H,94,106)(H,95,103)(H,96,104)(H4,79,80,84)(H4,81,82,85)/t54-,55-,56-,57-,58-,59-,60+,61-,62-,63-,75-/m0/s1. The fourth-order valence-electron chi connectivity index (χ4n) is 12.9. The number of aromatic amines is 1. The van der Waals surface area contributed by atoms with Gasteiger partial charge in [-0.15, -0.1) is 0 Å². The quantitative estimate of drug-likeness (QED) is 0.0150. The van der Waals surface area contributed by atoms with Crippen molar-refractivity contribution in [2.45, 2.75) is 273 Å². The summed E-state index contributed by atoms with van der Waals surface area (Å²) in [5.41, 5.74) is 30.0. The van der Waals surface area contributed by atoms with Crippen molar-refractivity contribution in [2.24, 2.45) is 38.7 Å². The number of carbonyl (C=O) groups is 11. The predicted octanol–water partition coefficient (Wildman–Crippen LogP) is -0.253. The van der Waals surface area contributed by atoms with Crippen LogP contribution >= 0.6 is 0 Å². The molecule has 25 N–H and O–H groups in total. The molecule has 0 bridgehead atoms. The number of rotatable bonds is 46. The van der Waals surface area contributed by atoms with Crippen molar-refractivity contribution >= 4 is 97.6 Å². The zero-order chi connectivity index (χ0) is 83.1. The highest BCUT2D eigenvalue weighted by molar-refractivity contribution is 7.90. The molecule has 11 amide bonds. The van der Waals surface area contributed by atoms with E-state index in [4.69, 9.17) is 28.7 Å². The number of H-pyrrole nitrogens is 1. The number of nitrogens with one attached hydrogen (secondary N) is 12. The first-order valence-corrected chi connectivity index (χ1v) is 41.9. The average Bonchev–Trinajstić information content (AvgIpc) is 1.42. The van der Waals surface area contributed by atoms with Crippen LogP contribution in [-0.2, 0) is 75.4 Å². The maximum atomic E-state index is 15.0. The van der Waals surface area contributed by atoms with Crippen LogP contribution in [0.1, 0.15) is 205 Å². The van der Waals surface area contributed by atoms with Crippen LogP contribution < -0.4 is 87.2 Å². The topological polar surface area (TPSA) is 586 Å². The minimum atomic E-state index is -3.92. The SMILES string of the molecule is CCCCCCCCCCCCCCCC(=O)N[C@@H](CO)C(=O)N[C@@H](CCCCN=C(N)N)C(=O)N[C@@H](CO)[C@H](O)N[C@@H](CCCC)C(=O)N[C@H]1CCC(=O)NCCCC[C@@H](C(N)=O)NC(=O)[C@H](Cc2c[nH]c3ccccc23)NC(=O)[C@H](CCCN=C(N)N)NC(=O)[C@@H](Cc2ccccc2)NC(=O)[C@H](CCS(C)(=O)=O)NC1=O. The number of guanidine groups is 2. The number of nitrogens with two attached hydrogens (primary N) is 5. The van der Waals surface area contributed by atoms with Gasteiger partial charge in [0.25, 0.3) is 0 Å². The minimum Gasteiger partial charge on any atom is -0.394 e. The highest BCUT2D eigenvalue weighted by Crippen LogP contribution is 2.21. The highest BCUT2D eigenvalue weighted by atomic mass is 32.2. The van der Waals surface area contributed by atoms with Crippen LogP contribution in [0, 0.1) is 0 Å². The molecule has 1 fully saturated rings. The average molecular weight is 1610 g/mol. The molecule has 4 rings (SSSR count). The Morgan fingerprint density at radius 1 is 0.558 bits per heavy atom. The van der Waals surface area contributed by atoms with Gasteiger partial charge < -0.3 is 102 Å². The number of unbranched alkanes of at least 4 members (excludes halogenated alkanes) is 14. The first-order chi connectivity index (χ1) is 54.1. The molecule has 36 heteroatoms. The van der Waals surface area contributed by atoms with E-state index in [1.807, 2.05) is 6.07 Å². The third-order valence-electron chi connectivity index (χ3n) is 19.4. The van der Waals surface area contributed by atoms with Gasteiger partial charge in [-0.1, -0.05) is 152 Å². The zero-order valence-electron chi connectivity index (χ0n) is 65.9. The van der Waals surface area contributed by atoms with Crippen LogP contribution in [0.15, 0.2) is 70.8 Å². The molecule has 0 saturated carbocycles. The van der Waals surface area contributed by atoms with E-state index in [0.29, 0.717) is 36.8 Å². The maximum Gasteiger partial charge on any atom is 0.245 e. The van der Waals surface area contributed by atoms with Crippen LogP contribution in [0.2, 0.25) is 0 Å². The van der Waals surface area contributed by atoms with E-state index < -0.39 is 180 Å². The van der Waals surface area contributed by atoms with Gasteiger partial charge in [-0.05, 0) is 94.2 Å². The maximum absolute atomic E-state index is 15.0. The molecule has 2 aromatic carbocycles. The third kappa shape index (κ3) is 38.7. The number of benzene rings is 2. The number of aromatic nitrogens is 1. The van der Waals surface area contributed by atoms with E-state index in [2.05, 4.69) is 80.4 Å². The fraction of sp³-hybridized carbons (Fsp3) is 0.649. The van der Waals surface area contributed by atoms with Crippen molar-refractivity contribution < 1.29 is 76.5 Å². The first kappa shape index (κ1) is 95.9. The number of aliphatic hydroxyl groups is 3. The second kappa shape index (κ2) is 53.5. The Hall–Kier alpha value is -9.52. The van der Waals surface area contributed by atoms with Crippen molar-refractivity contribution in [2.75, 3.05) is 44.9 Å². The van der Waals surface area contributed by atoms with E-state index in [1.165, 1.54) is 44.9 Å². The van der Waals surface area contributed by atoms with Gasteiger partial charge in [-0.25, -0.2) is 8.42 Å². The van der Waals surface area contributed by atoms with Crippen LogP contribution in [0.3, 0.4) is 0 Å². The molecule has 0 unspecified atom stereocenters. The number of nitrogens with zero attached hydrogens (tertiary/aromatic N) is 2. The van der Waals surface area contributed by atoms with E-state index in [-0.39, 0.29) is 102 Å². The van der Waals surface area contributed by atoms with Gasteiger partial charge in [0.2, 0.25) is 65.0 Å². The van der Waals surface area contributed by atoms with Crippen LogP contribution in [0.5, 0.6) is 0 Å². The molecule has 11 atom stereocenters. The van der Waals surface area contributed by atoms with Gasteiger partial charge in [0.05, 0.1) is 31.1 Å². The summed E-state index contributed by atoms with van der Waals surface area (Å²) in [6, 6.07) is 0.301. The molecule has 35 nitrogen and oxygen atoms in total. The Balaban J connectivity index is 1.65. The van der Waals surface area contributed by atoms with Crippen molar-refractivity contribution in [3.63, 3.8) is 0 Å². The smallest absolute Gasteiger partial charge is 0.245 e. The molecule has 632 valence electrons. The van der Waals surface area contributed by atoms with Gasteiger partial charge >= 0.3 is 0 Å². The predicted molar refractivity (Wildman–Crippen MR) is 431 cm³/mol. The molecular weight excluding hydrogens is 1480 g/mol. The molecule has 0 spiro atoms. The van der Waals surface area contributed by atoms with Crippen molar-refractivity contribution in [1.29, 1.82) is 0 Å². The van der Waals surface area contributed by atoms with E-state index in [9.17, 15) is 76.5 Å². The van der Waals surface area contributed by atoms with Crippen LogP contribution in [0.4, 0.5) is 0 Å². The number of hydrogen-bond acceptors (Lipinski definition) is 19. The Labute approximate surface area is 663 Å². The molecule has 2 heterocycles. The van der Waals surface area contributed by atoms with E-state index in [0.717, 1.165) is 49.3 Å². The molecular formula is C77H127N19O16S. The highest BCUT2D eigenvalue weighted by Gasteiger charge is 2.37. The Morgan fingerprint density at radius 2 is 1.11 bits per heavy atom. The molecule has 3 aromatic rings. The fourth-order valence-corrected chi connectivity index (χ4v) is 13.6. The molecule has 113 heavy (non-hydrogen) atoms. The van der Waals surface area contributed by atoms with Crippen LogP contribution in [0.25, 0.3) is 10.9 Å². The Kier molecular flexibility index (Phi) is 45.4. The number of fused-ring (bicyclic) bond motifs is 1. The summed E-state index contributed by atoms with van der Waals surface area (Å²) < 4.78 is 25.8. The van der Waals surface area contributed by atoms with Gasteiger partial charge in [-0.2, -0.15) is 0 Å². The lowest BCUT2D eigenvalue weighted by molar-refractivity contribution is -0.136. The number of aliphatic hydroxyl groups excluding tert-OH is 3. The van der Waals surface area contributed by atoms with Crippen molar-refractivity contribution in [3.8, 4) is 0 Å². The van der Waals surface area contributed by atoms with E-state index in [1.54, 1.807) is 61.7 Å². The summed E-state index contributed by atoms with van der Waals surface area (Å²) in [5.74, 6) is -10.9. The first-order valence-electron chi connectivity index (χ1n) is 39.9. The molecule has 0 radical (unpaired) electrons. The second-order valence-electron chi connectivity index (χ2n) is 29.0. The van der Waals surface area contributed by atoms with Crippen molar-refractivity contribution in [3.05, 3.63) is 71.9 Å². The number of amides is 11. The monoisotopic (exact) mass is 1610 g/mol. The number of carbonyl (C=O) groups excluding carboxylic acids is 11. The summed E-state index contributed by atoms with van der Waals surface area (Å²) in [4.78, 5) is 168. The van der Waals surface area contributed by atoms with Gasteiger partial charge in [0, 0.05) is 68.7 Å². The largest absolute Gasteiger partial charge is 0.394 e. The number of sulfone groups is 1. The Morgan fingerprint density at radius 3 is 1.72 bits per heavy atom.